The van der Waals surface area contributed by atoms with Crippen LogP contribution in [-0.4, -0.2) is 35.2 Å². The van der Waals surface area contributed by atoms with Crippen LogP contribution in [0.4, 0.5) is 0 Å². The van der Waals surface area contributed by atoms with Crippen molar-refractivity contribution in [3.8, 4) is 0 Å². The van der Waals surface area contributed by atoms with E-state index in [4.69, 9.17) is 9.47 Å². The molecule has 0 fully saturated rings. The molecule has 5 heteroatoms. The molecule has 0 radical (unpaired) electrons. The van der Waals surface area contributed by atoms with Gasteiger partial charge in [0.2, 0.25) is 0 Å². The fourth-order valence-corrected chi connectivity index (χ4v) is 1.82. The highest BCUT2D eigenvalue weighted by molar-refractivity contribution is 5.95. The van der Waals surface area contributed by atoms with Crippen molar-refractivity contribution in [2.24, 2.45) is 0 Å². The Morgan fingerprint density at radius 3 is 2.41 bits per heavy atom. The van der Waals surface area contributed by atoms with E-state index in [2.05, 4.69) is 0 Å². The summed E-state index contributed by atoms with van der Waals surface area (Å²) >= 11 is 0. The second kappa shape index (κ2) is 8.66. The zero-order chi connectivity index (χ0) is 16.6. The van der Waals surface area contributed by atoms with Crippen molar-refractivity contribution in [1.82, 2.24) is 0 Å². The molecule has 0 aliphatic carbocycles. The SMILES string of the molecule is CC(C)(C)OC(=O)CC(=O)CC(O)COCc1ccccc1. The standard InChI is InChI=1S/C17H24O5/c1-17(2,3)22-16(20)10-14(18)9-15(19)12-21-11-13-7-5-4-6-8-13/h4-8,15,19H,9-12H2,1-3H3. The number of carbonyl (C=O) groups excluding carboxylic acids is 2. The van der Waals surface area contributed by atoms with Crippen LogP contribution in [0.1, 0.15) is 39.2 Å². The maximum atomic E-state index is 11.7. The van der Waals surface area contributed by atoms with E-state index < -0.39 is 17.7 Å². The van der Waals surface area contributed by atoms with Crippen LogP contribution in [0.25, 0.3) is 0 Å². The number of aliphatic hydroxyl groups excluding tert-OH is 1. The van der Waals surface area contributed by atoms with E-state index in [9.17, 15) is 14.7 Å². The van der Waals surface area contributed by atoms with Crippen LogP contribution < -0.4 is 0 Å². The van der Waals surface area contributed by atoms with Crippen LogP contribution in [0.15, 0.2) is 30.3 Å². The van der Waals surface area contributed by atoms with Gasteiger partial charge in [-0.1, -0.05) is 30.3 Å². The van der Waals surface area contributed by atoms with E-state index in [-0.39, 0.29) is 25.2 Å². The van der Waals surface area contributed by atoms with Crippen molar-refractivity contribution < 1.29 is 24.2 Å². The summed E-state index contributed by atoms with van der Waals surface area (Å²) in [5.41, 5.74) is 0.379. The summed E-state index contributed by atoms with van der Waals surface area (Å²) in [5.74, 6) is -0.931. The van der Waals surface area contributed by atoms with Gasteiger partial charge in [0.15, 0.2) is 0 Å². The number of aliphatic hydroxyl groups is 1. The van der Waals surface area contributed by atoms with Crippen molar-refractivity contribution in [1.29, 1.82) is 0 Å². The third-order valence-corrected chi connectivity index (χ3v) is 2.65. The van der Waals surface area contributed by atoms with Gasteiger partial charge in [-0.3, -0.25) is 9.59 Å². The zero-order valence-corrected chi connectivity index (χ0v) is 13.4. The predicted molar refractivity (Wildman–Crippen MR) is 82.2 cm³/mol. The number of hydrogen-bond acceptors (Lipinski definition) is 5. The van der Waals surface area contributed by atoms with Gasteiger partial charge in [-0.05, 0) is 26.3 Å². The molecular weight excluding hydrogens is 284 g/mol. The molecule has 0 saturated carbocycles. The molecule has 1 rings (SSSR count). The van der Waals surface area contributed by atoms with Gasteiger partial charge in [0.25, 0.3) is 0 Å². The number of ether oxygens (including phenoxy) is 2. The van der Waals surface area contributed by atoms with E-state index in [1.165, 1.54) is 0 Å². The number of rotatable bonds is 8. The molecular formula is C17H24O5. The van der Waals surface area contributed by atoms with Crippen LogP contribution in [0, 0.1) is 0 Å². The summed E-state index contributed by atoms with van der Waals surface area (Å²) in [4.78, 5) is 23.2. The van der Waals surface area contributed by atoms with Crippen molar-refractivity contribution in [2.75, 3.05) is 6.61 Å². The molecule has 122 valence electrons. The quantitative estimate of drug-likeness (QED) is 0.589. The highest BCUT2D eigenvalue weighted by atomic mass is 16.6. The summed E-state index contributed by atoms with van der Waals surface area (Å²) in [6.07, 6.45) is -1.36. The average Bonchev–Trinajstić information content (AvgIpc) is 2.37. The Kier molecular flexibility index (Phi) is 7.21. The first kappa shape index (κ1) is 18.3. The lowest BCUT2D eigenvalue weighted by Gasteiger charge is -2.19. The molecule has 0 aromatic heterocycles. The molecule has 1 atom stereocenters. The molecule has 22 heavy (non-hydrogen) atoms. The first-order valence-electron chi connectivity index (χ1n) is 7.29. The number of Topliss-reactive ketones (excluding diaryl/α,β-unsaturated/α-hetero) is 1. The fraction of sp³-hybridized carbons (Fsp3) is 0.529. The molecule has 0 aliphatic rings. The molecule has 0 spiro atoms. The molecule has 1 unspecified atom stereocenters. The van der Waals surface area contributed by atoms with Crippen molar-refractivity contribution in [3.63, 3.8) is 0 Å². The van der Waals surface area contributed by atoms with Crippen LogP contribution in [-0.2, 0) is 25.7 Å². The summed E-state index contributed by atoms with van der Waals surface area (Å²) < 4.78 is 10.4. The van der Waals surface area contributed by atoms with Gasteiger partial charge in [0.05, 0.1) is 19.3 Å². The van der Waals surface area contributed by atoms with E-state index in [1.54, 1.807) is 20.8 Å². The smallest absolute Gasteiger partial charge is 0.313 e. The summed E-state index contributed by atoms with van der Waals surface area (Å²) in [5, 5.41) is 9.75. The van der Waals surface area contributed by atoms with E-state index in [1.807, 2.05) is 30.3 Å². The Balaban J connectivity index is 2.22. The molecule has 0 aliphatic heterocycles. The van der Waals surface area contributed by atoms with Gasteiger partial charge in [0.1, 0.15) is 17.8 Å². The second-order valence-electron chi connectivity index (χ2n) is 6.16. The number of esters is 1. The highest BCUT2D eigenvalue weighted by Crippen LogP contribution is 2.09. The van der Waals surface area contributed by atoms with Crippen molar-refractivity contribution in [2.45, 2.75) is 51.9 Å². The molecule has 0 heterocycles. The summed E-state index contributed by atoms with van der Waals surface area (Å²) in [6.45, 7) is 5.64. The highest BCUT2D eigenvalue weighted by Gasteiger charge is 2.20. The van der Waals surface area contributed by atoms with E-state index in [0.717, 1.165) is 5.56 Å². The van der Waals surface area contributed by atoms with Crippen LogP contribution in [0.2, 0.25) is 0 Å². The van der Waals surface area contributed by atoms with Gasteiger partial charge in [-0.2, -0.15) is 0 Å². The number of ketones is 1. The van der Waals surface area contributed by atoms with Crippen LogP contribution in [0.3, 0.4) is 0 Å². The predicted octanol–water partition coefficient (Wildman–Crippen LogP) is 2.26. The Bertz CT molecular complexity index is 476. The molecule has 1 aromatic rings. The van der Waals surface area contributed by atoms with E-state index in [0.29, 0.717) is 6.61 Å². The summed E-state index contributed by atoms with van der Waals surface area (Å²) in [7, 11) is 0. The molecule has 0 amide bonds. The third kappa shape index (κ3) is 8.54. The van der Waals surface area contributed by atoms with Gasteiger partial charge >= 0.3 is 5.97 Å². The van der Waals surface area contributed by atoms with Gasteiger partial charge in [-0.25, -0.2) is 0 Å². The van der Waals surface area contributed by atoms with Gasteiger partial charge in [-0.15, -0.1) is 0 Å². The summed E-state index contributed by atoms with van der Waals surface area (Å²) in [6, 6.07) is 9.55. The monoisotopic (exact) mass is 308 g/mol. The Morgan fingerprint density at radius 1 is 1.18 bits per heavy atom. The zero-order valence-electron chi connectivity index (χ0n) is 13.4. The van der Waals surface area contributed by atoms with Crippen LogP contribution in [0.5, 0.6) is 0 Å². The maximum Gasteiger partial charge on any atom is 0.313 e. The lowest BCUT2D eigenvalue weighted by atomic mass is 10.1. The number of benzene rings is 1. The van der Waals surface area contributed by atoms with Crippen LogP contribution >= 0.6 is 0 Å². The largest absolute Gasteiger partial charge is 0.460 e. The Morgan fingerprint density at radius 2 is 1.82 bits per heavy atom. The minimum Gasteiger partial charge on any atom is -0.460 e. The Hall–Kier alpha value is -1.72. The molecule has 1 aromatic carbocycles. The lowest BCUT2D eigenvalue weighted by molar-refractivity contribution is -0.156. The van der Waals surface area contributed by atoms with Crippen molar-refractivity contribution in [3.05, 3.63) is 35.9 Å². The molecule has 0 saturated heterocycles. The second-order valence-corrected chi connectivity index (χ2v) is 6.16. The fourth-order valence-electron chi connectivity index (χ4n) is 1.82. The lowest BCUT2D eigenvalue weighted by Crippen LogP contribution is -2.27. The third-order valence-electron chi connectivity index (χ3n) is 2.65. The molecule has 5 nitrogen and oxygen atoms in total. The minimum absolute atomic E-state index is 0.0505. The number of carbonyl (C=O) groups is 2. The first-order chi connectivity index (χ1) is 10.3. The first-order valence-corrected chi connectivity index (χ1v) is 7.29. The van der Waals surface area contributed by atoms with Crippen molar-refractivity contribution >= 4 is 11.8 Å². The maximum absolute atomic E-state index is 11.7. The average molecular weight is 308 g/mol. The molecule has 0 bridgehead atoms. The Labute approximate surface area is 131 Å². The normalized spacial score (nSPS) is 12.7. The number of hydrogen-bond donors (Lipinski definition) is 1. The van der Waals surface area contributed by atoms with E-state index >= 15 is 0 Å². The van der Waals surface area contributed by atoms with Gasteiger partial charge < -0.3 is 14.6 Å². The minimum atomic E-state index is -0.918. The molecule has 1 N–H and O–H groups in total. The van der Waals surface area contributed by atoms with Gasteiger partial charge in [0, 0.05) is 6.42 Å². The topological polar surface area (TPSA) is 72.8 Å².